The molecule has 8 heavy (non-hydrogen) atoms. The van der Waals surface area contributed by atoms with Crippen LogP contribution in [0.4, 0.5) is 0 Å². The standard InChI is InChI=1S/C5H9NO2/c7-5(8)4-2-1-3-6-4/h4,6H,1-3H2,(H,7,8)/t4-/m0/s1/i1D2,2D2,3D2,4D,6+1. The van der Waals surface area contributed by atoms with E-state index in [4.69, 9.17) is 14.7 Å². The van der Waals surface area contributed by atoms with Crippen molar-refractivity contribution in [3.05, 3.63) is 0 Å². The summed E-state index contributed by atoms with van der Waals surface area (Å²) in [6, 6.07) is -3.04. The van der Waals surface area contributed by atoms with E-state index in [0.717, 1.165) is 0 Å². The molecule has 1 atom stereocenters. The molecule has 46 valence electrons. The number of carboxylic acids is 1. The van der Waals surface area contributed by atoms with Crippen molar-refractivity contribution in [3.63, 3.8) is 0 Å². The molecule has 1 aliphatic heterocycles. The summed E-state index contributed by atoms with van der Waals surface area (Å²) in [5.41, 5.74) is 0. The van der Waals surface area contributed by atoms with Crippen LogP contribution in [0.25, 0.3) is 0 Å². The highest BCUT2D eigenvalue weighted by Crippen LogP contribution is 2.03. The van der Waals surface area contributed by atoms with E-state index in [2.05, 4.69) is 0 Å². The van der Waals surface area contributed by atoms with E-state index in [1.165, 1.54) is 5.32 Å². The molecule has 3 nitrogen and oxygen atoms in total. The normalized spacial score (nSPS) is 69.2. The summed E-state index contributed by atoms with van der Waals surface area (Å²) in [7, 11) is 0. The molecule has 1 heterocycles. The fraction of sp³-hybridized carbons (Fsp3) is 0.800. The van der Waals surface area contributed by atoms with Crippen molar-refractivity contribution >= 4 is 5.97 Å². The first-order chi connectivity index (χ1) is 6.40. The number of aliphatic carboxylic acids is 1. The predicted octanol–water partition coefficient (Wildman–Crippen LogP) is -0.177. The lowest BCUT2D eigenvalue weighted by atomic mass is 10.2. The van der Waals surface area contributed by atoms with Gasteiger partial charge in [-0.15, -0.1) is 0 Å². The lowest BCUT2D eigenvalue weighted by Gasteiger charge is -1.99. The maximum Gasteiger partial charge on any atom is 0.320 e. The maximum atomic E-state index is 10.7. The van der Waals surface area contributed by atoms with Crippen LogP contribution in [0.5, 0.6) is 0 Å². The van der Waals surface area contributed by atoms with Gasteiger partial charge in [0, 0.05) is 8.22 Å². The van der Waals surface area contributed by atoms with Crippen LogP contribution >= 0.6 is 0 Å². The molecular weight excluding hydrogens is 107 g/mol. The van der Waals surface area contributed by atoms with Crippen LogP contribution in [0.3, 0.4) is 0 Å². The Bertz CT molecular complexity index is 317. The minimum atomic E-state index is -3.19. The molecule has 2 N–H and O–H groups in total. The summed E-state index contributed by atoms with van der Waals surface area (Å²) in [6.07, 6.45) is -6.30. The molecule has 1 aliphatic rings. The van der Waals surface area contributed by atoms with E-state index >= 15 is 0 Å². The molecular formula is C5H9NO2. The molecule has 0 aliphatic carbocycles. The average Bonchev–Trinajstić information content (AvgIpc) is 2.09. The molecule has 0 spiro atoms. The van der Waals surface area contributed by atoms with Crippen LogP contribution in [0.1, 0.15) is 22.3 Å². The van der Waals surface area contributed by atoms with Crippen LogP contribution in [0, 0.1) is 0 Å². The molecule has 0 aromatic carbocycles. The summed E-state index contributed by atoms with van der Waals surface area (Å²) >= 11 is 0. The highest BCUT2D eigenvalue weighted by atomic mass is 16.4. The minimum absolute atomic E-state index is 1.54. The molecule has 0 amide bonds. The summed E-state index contributed by atoms with van der Waals surface area (Å²) in [6.45, 7) is -2.92. The third-order valence-electron chi connectivity index (χ3n) is 0.651. The molecule has 0 bridgehead atoms. The van der Waals surface area contributed by atoms with Crippen LogP contribution in [-0.4, -0.2) is 23.6 Å². The number of carbonyl (C=O) groups is 1. The molecule has 0 unspecified atom stereocenters. The van der Waals surface area contributed by atoms with E-state index in [9.17, 15) is 4.79 Å². The summed E-state index contributed by atoms with van der Waals surface area (Å²) in [5.74, 6) is -1.96. The van der Waals surface area contributed by atoms with Crippen molar-refractivity contribution in [2.75, 3.05) is 6.50 Å². The lowest BCUT2D eigenvalue weighted by molar-refractivity contribution is -0.139. The molecule has 0 aromatic rings. The summed E-state index contributed by atoms with van der Waals surface area (Å²) < 4.78 is 50.5. The fourth-order valence-corrected chi connectivity index (χ4v) is 0.326. The molecule has 0 aromatic heterocycles. The fourth-order valence-electron chi connectivity index (χ4n) is 0.326. The highest BCUT2D eigenvalue weighted by molar-refractivity contribution is 5.73. The van der Waals surface area contributed by atoms with Gasteiger partial charge in [-0.2, -0.15) is 0 Å². The topological polar surface area (TPSA) is 49.3 Å². The van der Waals surface area contributed by atoms with Crippen molar-refractivity contribution < 1.29 is 19.5 Å². The van der Waals surface area contributed by atoms with Crippen molar-refractivity contribution in [1.29, 1.82) is 0 Å². The first-order valence-corrected chi connectivity index (χ1v) is 1.93. The molecule has 0 saturated carbocycles. The smallest absolute Gasteiger partial charge is 0.320 e. The van der Waals surface area contributed by atoms with Crippen molar-refractivity contribution in [1.82, 2.24) is 5.32 Å². The van der Waals surface area contributed by atoms with Crippen molar-refractivity contribution in [3.8, 4) is 0 Å². The van der Waals surface area contributed by atoms with Gasteiger partial charge >= 0.3 is 5.97 Å². The Morgan fingerprint density at radius 1 is 2.12 bits per heavy atom. The Morgan fingerprint density at radius 3 is 3.12 bits per heavy atom. The Hall–Kier alpha value is -0.570. The van der Waals surface area contributed by atoms with Crippen LogP contribution in [-0.2, 0) is 4.79 Å². The number of carboxylic acid groups (broad SMARTS) is 1. The molecule has 0 radical (unpaired) electrons. The number of hydrogen-bond acceptors (Lipinski definition) is 2. The van der Waals surface area contributed by atoms with Gasteiger partial charge in [0.25, 0.3) is 0 Å². The molecule has 1 fully saturated rings. The Kier molecular flexibility index (Phi) is 0.393. The van der Waals surface area contributed by atoms with E-state index in [-0.39, 0.29) is 0 Å². The van der Waals surface area contributed by atoms with Gasteiger partial charge in [0.05, 0.1) is 1.37 Å². The van der Waals surface area contributed by atoms with Crippen LogP contribution in [0.15, 0.2) is 0 Å². The van der Waals surface area contributed by atoms with Gasteiger partial charge < -0.3 is 10.4 Å². The average molecular weight is 123 g/mol. The van der Waals surface area contributed by atoms with Crippen LogP contribution in [0.2, 0.25) is 0 Å². The SMILES string of the molecule is [2H]C1([2H])[15NH][C@]([2H])(C(=O)O)C([2H])([2H])C1([2H])[2H]. The third-order valence-corrected chi connectivity index (χ3v) is 0.651. The number of rotatable bonds is 1. The first-order valence-electron chi connectivity index (χ1n) is 5.43. The van der Waals surface area contributed by atoms with Gasteiger partial charge in [-0.3, -0.25) is 4.79 Å². The van der Waals surface area contributed by atoms with Gasteiger partial charge in [0.1, 0.15) is 6.02 Å². The minimum Gasteiger partial charge on any atom is -0.480 e. The van der Waals surface area contributed by atoms with Gasteiger partial charge in [-0.25, -0.2) is 0 Å². The molecule has 1 rings (SSSR count). The van der Waals surface area contributed by atoms with E-state index in [1.54, 1.807) is 0 Å². The zero-order valence-electron chi connectivity index (χ0n) is 10.9. The summed E-state index contributed by atoms with van der Waals surface area (Å²) in [5, 5.41) is 10.2. The van der Waals surface area contributed by atoms with Gasteiger partial charge in [0.2, 0.25) is 0 Å². The van der Waals surface area contributed by atoms with E-state index in [0.29, 0.717) is 0 Å². The lowest BCUT2D eigenvalue weighted by Crippen LogP contribution is -2.29. The number of nitrogens with one attached hydrogen (secondary N) is 1. The van der Waals surface area contributed by atoms with E-state index < -0.39 is 31.2 Å². The number of hydrogen-bond donors (Lipinski definition) is 2. The second-order valence-electron chi connectivity index (χ2n) is 1.18. The molecule has 3 heteroatoms. The Morgan fingerprint density at radius 2 is 2.88 bits per heavy atom. The Balaban J connectivity index is 3.38. The van der Waals surface area contributed by atoms with Crippen LogP contribution < -0.4 is 5.32 Å². The third kappa shape index (κ3) is 0.980. The second-order valence-corrected chi connectivity index (χ2v) is 1.18. The monoisotopic (exact) mass is 123 g/mol. The maximum absolute atomic E-state index is 10.7. The zero-order valence-corrected chi connectivity index (χ0v) is 3.86. The van der Waals surface area contributed by atoms with Gasteiger partial charge in [-0.1, -0.05) is 0 Å². The zero-order chi connectivity index (χ0) is 12.3. The summed E-state index contributed by atoms with van der Waals surface area (Å²) in [4.78, 5) is 10.7. The van der Waals surface area contributed by atoms with E-state index in [1.807, 2.05) is 0 Å². The second kappa shape index (κ2) is 2.13. The van der Waals surface area contributed by atoms with Gasteiger partial charge in [0.15, 0.2) is 0 Å². The first kappa shape index (κ1) is 1.48. The largest absolute Gasteiger partial charge is 0.480 e. The Labute approximate surface area is 57.5 Å². The quantitative estimate of drug-likeness (QED) is 0.476. The van der Waals surface area contributed by atoms with Crippen molar-refractivity contribution in [2.24, 2.45) is 0 Å². The molecule has 1 saturated heterocycles. The highest BCUT2D eigenvalue weighted by Gasteiger charge is 2.20. The van der Waals surface area contributed by atoms with Gasteiger partial charge in [-0.05, 0) is 19.2 Å². The van der Waals surface area contributed by atoms with Crippen molar-refractivity contribution in [2.45, 2.75) is 18.8 Å². The predicted molar refractivity (Wildman–Crippen MR) is 28.7 cm³/mol.